The van der Waals surface area contributed by atoms with Crippen molar-refractivity contribution in [1.29, 1.82) is 0 Å². The Morgan fingerprint density at radius 3 is 2.53 bits per heavy atom. The van der Waals surface area contributed by atoms with Crippen LogP contribution in [0.15, 0.2) is 48.5 Å². The van der Waals surface area contributed by atoms with E-state index >= 15 is 0 Å². The van der Waals surface area contributed by atoms with Crippen LogP contribution >= 0.6 is 0 Å². The molecule has 0 saturated carbocycles. The van der Waals surface area contributed by atoms with Crippen LogP contribution in [-0.4, -0.2) is 16.2 Å². The van der Waals surface area contributed by atoms with Gasteiger partial charge in [-0.25, -0.2) is 0 Å². The number of carbonyl (C=O) groups is 1. The third kappa shape index (κ3) is 3.13. The molecule has 0 heterocycles. The summed E-state index contributed by atoms with van der Waals surface area (Å²) in [6.07, 6.45) is 0.370. The SMILES string of the molecule is Cc1ccccc1C(Cc1cccc(O)c1)C(=O)O. The van der Waals surface area contributed by atoms with Crippen molar-refractivity contribution in [3.63, 3.8) is 0 Å². The molecule has 0 saturated heterocycles. The lowest BCUT2D eigenvalue weighted by molar-refractivity contribution is -0.138. The van der Waals surface area contributed by atoms with E-state index in [1.54, 1.807) is 18.2 Å². The van der Waals surface area contributed by atoms with E-state index in [-0.39, 0.29) is 5.75 Å². The Balaban J connectivity index is 2.32. The third-order valence-electron chi connectivity index (χ3n) is 3.21. The van der Waals surface area contributed by atoms with Crippen LogP contribution in [0.4, 0.5) is 0 Å². The number of rotatable bonds is 4. The summed E-state index contributed by atoms with van der Waals surface area (Å²) in [6, 6.07) is 14.2. The van der Waals surface area contributed by atoms with E-state index in [9.17, 15) is 15.0 Å². The molecule has 0 aliphatic carbocycles. The molecule has 0 spiro atoms. The molecule has 1 atom stereocenters. The van der Waals surface area contributed by atoms with Crippen LogP contribution in [0, 0.1) is 6.92 Å². The van der Waals surface area contributed by atoms with Crippen LogP contribution in [0.2, 0.25) is 0 Å². The maximum atomic E-state index is 11.5. The highest BCUT2D eigenvalue weighted by molar-refractivity contribution is 5.77. The van der Waals surface area contributed by atoms with Gasteiger partial charge in [-0.3, -0.25) is 4.79 Å². The minimum atomic E-state index is -0.849. The molecular weight excluding hydrogens is 240 g/mol. The molecule has 0 aliphatic heterocycles. The first kappa shape index (κ1) is 13.1. The molecule has 2 aromatic carbocycles. The second-order valence-corrected chi connectivity index (χ2v) is 4.62. The van der Waals surface area contributed by atoms with Gasteiger partial charge in [-0.2, -0.15) is 0 Å². The number of phenols is 1. The molecule has 98 valence electrons. The van der Waals surface area contributed by atoms with Crippen LogP contribution in [-0.2, 0) is 11.2 Å². The highest BCUT2D eigenvalue weighted by Crippen LogP contribution is 2.25. The number of aryl methyl sites for hydroxylation is 1. The number of carboxylic acids is 1. The molecule has 0 radical (unpaired) electrons. The first-order valence-electron chi connectivity index (χ1n) is 6.14. The standard InChI is InChI=1S/C16H16O3/c1-11-5-2-3-8-14(11)15(16(18)19)10-12-6-4-7-13(17)9-12/h2-9,15,17H,10H2,1H3,(H,18,19). The number of hydrogen-bond acceptors (Lipinski definition) is 2. The van der Waals surface area contributed by atoms with Crippen molar-refractivity contribution in [2.75, 3.05) is 0 Å². The van der Waals surface area contributed by atoms with Gasteiger partial charge in [-0.05, 0) is 42.2 Å². The zero-order chi connectivity index (χ0) is 13.8. The molecule has 1 unspecified atom stereocenters. The summed E-state index contributed by atoms with van der Waals surface area (Å²) in [6.45, 7) is 1.91. The van der Waals surface area contributed by atoms with Gasteiger partial charge in [0.1, 0.15) is 5.75 Å². The first-order valence-corrected chi connectivity index (χ1v) is 6.14. The van der Waals surface area contributed by atoms with E-state index < -0.39 is 11.9 Å². The number of benzene rings is 2. The van der Waals surface area contributed by atoms with Crippen LogP contribution in [0.1, 0.15) is 22.6 Å². The normalized spacial score (nSPS) is 12.1. The van der Waals surface area contributed by atoms with Crippen molar-refractivity contribution in [3.05, 3.63) is 65.2 Å². The smallest absolute Gasteiger partial charge is 0.311 e. The highest BCUT2D eigenvalue weighted by Gasteiger charge is 2.21. The minimum Gasteiger partial charge on any atom is -0.508 e. The van der Waals surface area contributed by atoms with Gasteiger partial charge in [0.05, 0.1) is 5.92 Å². The predicted molar refractivity (Wildman–Crippen MR) is 73.4 cm³/mol. The molecular formula is C16H16O3. The van der Waals surface area contributed by atoms with Crippen molar-refractivity contribution < 1.29 is 15.0 Å². The summed E-state index contributed by atoms with van der Waals surface area (Å²) in [5.41, 5.74) is 2.60. The Morgan fingerprint density at radius 1 is 1.16 bits per heavy atom. The van der Waals surface area contributed by atoms with E-state index in [4.69, 9.17) is 0 Å². The van der Waals surface area contributed by atoms with Crippen LogP contribution in [0.3, 0.4) is 0 Å². The summed E-state index contributed by atoms with van der Waals surface area (Å²) < 4.78 is 0. The summed E-state index contributed by atoms with van der Waals surface area (Å²) in [5.74, 6) is -1.29. The minimum absolute atomic E-state index is 0.159. The zero-order valence-corrected chi connectivity index (χ0v) is 10.7. The average molecular weight is 256 g/mol. The number of aliphatic carboxylic acids is 1. The Morgan fingerprint density at radius 2 is 1.89 bits per heavy atom. The third-order valence-corrected chi connectivity index (χ3v) is 3.21. The van der Waals surface area contributed by atoms with Crippen LogP contribution in [0.5, 0.6) is 5.75 Å². The monoisotopic (exact) mass is 256 g/mol. The first-order chi connectivity index (χ1) is 9.08. The fraction of sp³-hybridized carbons (Fsp3) is 0.188. The van der Waals surface area contributed by atoms with Gasteiger partial charge in [0, 0.05) is 0 Å². The van der Waals surface area contributed by atoms with Crippen molar-refractivity contribution in [3.8, 4) is 5.75 Å². The molecule has 3 nitrogen and oxygen atoms in total. The number of hydrogen-bond donors (Lipinski definition) is 2. The van der Waals surface area contributed by atoms with Crippen molar-refractivity contribution in [2.24, 2.45) is 0 Å². The number of carboxylic acid groups (broad SMARTS) is 1. The van der Waals surface area contributed by atoms with Crippen molar-refractivity contribution in [1.82, 2.24) is 0 Å². The Labute approximate surface area is 112 Å². The highest BCUT2D eigenvalue weighted by atomic mass is 16.4. The van der Waals surface area contributed by atoms with Gasteiger partial charge in [-0.1, -0.05) is 36.4 Å². The van der Waals surface area contributed by atoms with Gasteiger partial charge < -0.3 is 10.2 Å². The maximum Gasteiger partial charge on any atom is 0.311 e. The lowest BCUT2D eigenvalue weighted by Crippen LogP contribution is -2.15. The fourth-order valence-electron chi connectivity index (χ4n) is 2.23. The molecule has 0 bridgehead atoms. The fourth-order valence-corrected chi connectivity index (χ4v) is 2.23. The molecule has 0 aliphatic rings. The lowest BCUT2D eigenvalue weighted by Gasteiger charge is -2.15. The molecule has 2 N–H and O–H groups in total. The molecule has 0 amide bonds. The summed E-state index contributed by atoms with van der Waals surface area (Å²) in [7, 11) is 0. The molecule has 3 heteroatoms. The summed E-state index contributed by atoms with van der Waals surface area (Å²) >= 11 is 0. The number of phenolic OH excluding ortho intramolecular Hbond substituents is 1. The van der Waals surface area contributed by atoms with E-state index in [0.717, 1.165) is 16.7 Å². The van der Waals surface area contributed by atoms with E-state index in [1.165, 1.54) is 0 Å². The second kappa shape index (κ2) is 5.57. The molecule has 2 rings (SSSR count). The second-order valence-electron chi connectivity index (χ2n) is 4.62. The van der Waals surface area contributed by atoms with E-state index in [1.807, 2.05) is 37.3 Å². The maximum absolute atomic E-state index is 11.5. The zero-order valence-electron chi connectivity index (χ0n) is 10.7. The summed E-state index contributed by atoms with van der Waals surface area (Å²) in [5, 5.41) is 18.9. The average Bonchev–Trinajstić information content (AvgIpc) is 2.37. The largest absolute Gasteiger partial charge is 0.508 e. The van der Waals surface area contributed by atoms with Gasteiger partial charge in [-0.15, -0.1) is 0 Å². The molecule has 2 aromatic rings. The quantitative estimate of drug-likeness (QED) is 0.883. The molecule has 0 aromatic heterocycles. The molecule has 0 fully saturated rings. The van der Waals surface area contributed by atoms with Gasteiger partial charge in [0.25, 0.3) is 0 Å². The lowest BCUT2D eigenvalue weighted by atomic mass is 9.89. The van der Waals surface area contributed by atoms with E-state index in [2.05, 4.69) is 0 Å². The van der Waals surface area contributed by atoms with E-state index in [0.29, 0.717) is 6.42 Å². The Bertz CT molecular complexity index is 590. The van der Waals surface area contributed by atoms with Crippen LogP contribution in [0.25, 0.3) is 0 Å². The van der Waals surface area contributed by atoms with Crippen LogP contribution < -0.4 is 0 Å². The Kier molecular flexibility index (Phi) is 3.85. The van der Waals surface area contributed by atoms with Crippen molar-refractivity contribution in [2.45, 2.75) is 19.3 Å². The van der Waals surface area contributed by atoms with Gasteiger partial charge >= 0.3 is 5.97 Å². The van der Waals surface area contributed by atoms with Crippen molar-refractivity contribution >= 4 is 5.97 Å². The predicted octanol–water partition coefficient (Wildman–Crippen LogP) is 3.11. The van der Waals surface area contributed by atoms with Gasteiger partial charge in [0.2, 0.25) is 0 Å². The summed E-state index contributed by atoms with van der Waals surface area (Å²) in [4.78, 5) is 11.5. The topological polar surface area (TPSA) is 57.5 Å². The number of aromatic hydroxyl groups is 1. The Hall–Kier alpha value is -2.29. The molecule has 19 heavy (non-hydrogen) atoms. The van der Waals surface area contributed by atoms with Gasteiger partial charge in [0.15, 0.2) is 0 Å².